The molecule has 106 valence electrons. The summed E-state index contributed by atoms with van der Waals surface area (Å²) in [5.41, 5.74) is 1.27. The smallest absolute Gasteiger partial charge is 0.124 e. The molecule has 2 unspecified atom stereocenters. The first-order valence-corrected chi connectivity index (χ1v) is 7.38. The molecule has 1 N–H and O–H groups in total. The van der Waals surface area contributed by atoms with Crippen molar-refractivity contribution in [2.45, 2.75) is 32.7 Å². The number of hydrogen-bond acceptors (Lipinski definition) is 3. The van der Waals surface area contributed by atoms with Crippen LogP contribution in [0.1, 0.15) is 38.3 Å². The molecule has 1 aliphatic heterocycles. The van der Waals surface area contributed by atoms with Gasteiger partial charge in [0.1, 0.15) is 5.75 Å². The van der Waals surface area contributed by atoms with Gasteiger partial charge in [-0.3, -0.25) is 0 Å². The summed E-state index contributed by atoms with van der Waals surface area (Å²) in [6, 6.07) is 8.74. The fourth-order valence-corrected chi connectivity index (χ4v) is 2.54. The van der Waals surface area contributed by atoms with Gasteiger partial charge in [0.15, 0.2) is 0 Å². The van der Waals surface area contributed by atoms with Crippen LogP contribution in [-0.2, 0) is 4.74 Å². The second kappa shape index (κ2) is 7.51. The van der Waals surface area contributed by atoms with Crippen LogP contribution in [-0.4, -0.2) is 26.4 Å². The Labute approximate surface area is 116 Å². The fraction of sp³-hybridized carbons (Fsp3) is 0.625. The van der Waals surface area contributed by atoms with Crippen LogP contribution in [0, 0.1) is 5.92 Å². The quantitative estimate of drug-likeness (QED) is 0.819. The molecule has 1 aromatic rings. The van der Waals surface area contributed by atoms with E-state index in [1.165, 1.54) is 5.56 Å². The van der Waals surface area contributed by atoms with Crippen LogP contribution in [0.3, 0.4) is 0 Å². The van der Waals surface area contributed by atoms with E-state index in [4.69, 9.17) is 9.47 Å². The molecular weight excluding hydrogens is 238 g/mol. The van der Waals surface area contributed by atoms with E-state index in [9.17, 15) is 0 Å². The van der Waals surface area contributed by atoms with Crippen molar-refractivity contribution in [2.24, 2.45) is 5.92 Å². The normalized spacial score (nSPS) is 20.4. The fourth-order valence-electron chi connectivity index (χ4n) is 2.54. The third kappa shape index (κ3) is 3.95. The molecular formula is C16H25NO2. The third-order valence-corrected chi connectivity index (χ3v) is 3.65. The van der Waals surface area contributed by atoms with E-state index in [0.717, 1.165) is 45.0 Å². The Morgan fingerprint density at radius 1 is 1.37 bits per heavy atom. The minimum atomic E-state index is 0.376. The first-order chi connectivity index (χ1) is 9.35. The largest absolute Gasteiger partial charge is 0.493 e. The molecule has 1 aromatic carbocycles. The maximum Gasteiger partial charge on any atom is 0.124 e. The molecule has 3 nitrogen and oxygen atoms in total. The van der Waals surface area contributed by atoms with Gasteiger partial charge >= 0.3 is 0 Å². The van der Waals surface area contributed by atoms with Gasteiger partial charge in [-0.2, -0.15) is 0 Å². The Morgan fingerprint density at radius 2 is 2.21 bits per heavy atom. The van der Waals surface area contributed by atoms with Gasteiger partial charge in [0, 0.05) is 24.1 Å². The first-order valence-electron chi connectivity index (χ1n) is 7.38. The summed E-state index contributed by atoms with van der Waals surface area (Å²) in [7, 11) is 0. The highest BCUT2D eigenvalue weighted by Gasteiger charge is 2.18. The zero-order valence-electron chi connectivity index (χ0n) is 12.0. The van der Waals surface area contributed by atoms with E-state index in [1.54, 1.807) is 0 Å². The average molecular weight is 263 g/mol. The van der Waals surface area contributed by atoms with Crippen molar-refractivity contribution in [3.63, 3.8) is 0 Å². The Kier molecular flexibility index (Phi) is 5.67. The van der Waals surface area contributed by atoms with E-state index in [0.29, 0.717) is 12.0 Å². The third-order valence-electron chi connectivity index (χ3n) is 3.65. The van der Waals surface area contributed by atoms with E-state index < -0.39 is 0 Å². The summed E-state index contributed by atoms with van der Waals surface area (Å²) < 4.78 is 11.4. The second-order valence-electron chi connectivity index (χ2n) is 5.10. The summed E-state index contributed by atoms with van der Waals surface area (Å²) in [6.07, 6.45) is 2.19. The Balaban J connectivity index is 2.01. The van der Waals surface area contributed by atoms with Crippen LogP contribution < -0.4 is 10.1 Å². The van der Waals surface area contributed by atoms with Gasteiger partial charge in [0.05, 0.1) is 13.2 Å². The highest BCUT2D eigenvalue weighted by Crippen LogP contribution is 2.28. The van der Waals surface area contributed by atoms with E-state index >= 15 is 0 Å². The minimum absolute atomic E-state index is 0.376. The van der Waals surface area contributed by atoms with Crippen molar-refractivity contribution < 1.29 is 9.47 Å². The first kappa shape index (κ1) is 14.4. The predicted octanol–water partition coefficient (Wildman–Crippen LogP) is 3.16. The summed E-state index contributed by atoms with van der Waals surface area (Å²) in [5, 5.41) is 3.51. The highest BCUT2D eigenvalue weighted by molar-refractivity contribution is 5.36. The number of benzene rings is 1. The van der Waals surface area contributed by atoms with Gasteiger partial charge in [-0.1, -0.05) is 32.0 Å². The molecule has 19 heavy (non-hydrogen) atoms. The molecule has 0 aliphatic carbocycles. The van der Waals surface area contributed by atoms with Crippen molar-refractivity contribution in [1.29, 1.82) is 0 Å². The SMILES string of the molecule is CCNC(CC)c1ccccc1OCC1CCOC1. The molecule has 2 rings (SSSR count). The summed E-state index contributed by atoms with van der Waals surface area (Å²) in [5.74, 6) is 1.56. The highest BCUT2D eigenvalue weighted by atomic mass is 16.5. The number of nitrogens with one attached hydrogen (secondary N) is 1. The van der Waals surface area contributed by atoms with E-state index in [1.807, 2.05) is 6.07 Å². The Bertz CT molecular complexity index is 375. The maximum absolute atomic E-state index is 6.03. The van der Waals surface area contributed by atoms with Crippen LogP contribution in [0.2, 0.25) is 0 Å². The van der Waals surface area contributed by atoms with E-state index in [-0.39, 0.29) is 0 Å². The minimum Gasteiger partial charge on any atom is -0.493 e. The molecule has 0 spiro atoms. The number of ether oxygens (including phenoxy) is 2. The second-order valence-corrected chi connectivity index (χ2v) is 5.10. The van der Waals surface area contributed by atoms with Crippen LogP contribution in [0.4, 0.5) is 0 Å². The van der Waals surface area contributed by atoms with Gasteiger partial charge in [0.2, 0.25) is 0 Å². The molecule has 0 bridgehead atoms. The topological polar surface area (TPSA) is 30.5 Å². The van der Waals surface area contributed by atoms with Gasteiger partial charge in [0.25, 0.3) is 0 Å². The lowest BCUT2D eigenvalue weighted by Gasteiger charge is -2.21. The Morgan fingerprint density at radius 3 is 2.89 bits per heavy atom. The molecule has 1 saturated heterocycles. The molecule has 0 saturated carbocycles. The zero-order valence-corrected chi connectivity index (χ0v) is 12.0. The van der Waals surface area contributed by atoms with Gasteiger partial charge in [-0.25, -0.2) is 0 Å². The van der Waals surface area contributed by atoms with Gasteiger partial charge in [-0.15, -0.1) is 0 Å². The number of hydrogen-bond donors (Lipinski definition) is 1. The van der Waals surface area contributed by atoms with Crippen molar-refractivity contribution in [2.75, 3.05) is 26.4 Å². The molecule has 1 heterocycles. The maximum atomic E-state index is 6.03. The van der Waals surface area contributed by atoms with Gasteiger partial charge in [-0.05, 0) is 25.5 Å². The standard InChI is InChI=1S/C16H25NO2/c1-3-15(17-4-2)14-7-5-6-8-16(14)19-12-13-9-10-18-11-13/h5-8,13,15,17H,3-4,9-12H2,1-2H3. The van der Waals surface area contributed by atoms with E-state index in [2.05, 4.69) is 37.4 Å². The van der Waals surface area contributed by atoms with Crippen LogP contribution in [0.25, 0.3) is 0 Å². The predicted molar refractivity (Wildman–Crippen MR) is 77.6 cm³/mol. The van der Waals surface area contributed by atoms with Crippen molar-refractivity contribution in [3.8, 4) is 5.75 Å². The lowest BCUT2D eigenvalue weighted by atomic mass is 10.0. The molecule has 3 heteroatoms. The zero-order chi connectivity index (χ0) is 13.5. The van der Waals surface area contributed by atoms with Crippen LogP contribution >= 0.6 is 0 Å². The lowest BCUT2D eigenvalue weighted by Crippen LogP contribution is -2.21. The number of para-hydroxylation sites is 1. The molecule has 0 amide bonds. The van der Waals surface area contributed by atoms with Crippen molar-refractivity contribution in [1.82, 2.24) is 5.32 Å². The van der Waals surface area contributed by atoms with Crippen molar-refractivity contribution in [3.05, 3.63) is 29.8 Å². The van der Waals surface area contributed by atoms with Gasteiger partial charge < -0.3 is 14.8 Å². The monoisotopic (exact) mass is 263 g/mol. The van der Waals surface area contributed by atoms with Crippen LogP contribution in [0.5, 0.6) is 5.75 Å². The van der Waals surface area contributed by atoms with Crippen molar-refractivity contribution >= 4 is 0 Å². The summed E-state index contributed by atoms with van der Waals surface area (Å²) in [6.45, 7) is 7.80. The molecule has 0 aromatic heterocycles. The average Bonchev–Trinajstić information content (AvgIpc) is 2.96. The molecule has 0 radical (unpaired) electrons. The summed E-state index contributed by atoms with van der Waals surface area (Å²) in [4.78, 5) is 0. The van der Waals surface area contributed by atoms with Crippen LogP contribution in [0.15, 0.2) is 24.3 Å². The molecule has 2 atom stereocenters. The number of rotatable bonds is 7. The Hall–Kier alpha value is -1.06. The molecule has 1 fully saturated rings. The lowest BCUT2D eigenvalue weighted by molar-refractivity contribution is 0.166. The summed E-state index contributed by atoms with van der Waals surface area (Å²) >= 11 is 0. The molecule has 1 aliphatic rings.